The van der Waals surface area contributed by atoms with Crippen molar-refractivity contribution in [1.82, 2.24) is 19.7 Å². The summed E-state index contributed by atoms with van der Waals surface area (Å²) >= 11 is 0. The Hall–Kier alpha value is -2.89. The van der Waals surface area contributed by atoms with Crippen LogP contribution in [0.15, 0.2) is 42.9 Å². The van der Waals surface area contributed by atoms with Crippen LogP contribution < -0.4 is 10.1 Å². The molecule has 0 atom stereocenters. The molecule has 3 aromatic heterocycles. The molecule has 1 N–H and O–H groups in total. The molecule has 0 aliphatic carbocycles. The van der Waals surface area contributed by atoms with Crippen LogP contribution in [-0.2, 0) is 6.54 Å². The fraction of sp³-hybridized carbons (Fsp3) is 0.188. The smallest absolute Gasteiger partial charge is 0.270 e. The van der Waals surface area contributed by atoms with Crippen LogP contribution in [0.4, 0.5) is 0 Å². The summed E-state index contributed by atoms with van der Waals surface area (Å²) < 4.78 is 7.02. The van der Waals surface area contributed by atoms with E-state index in [0.717, 1.165) is 5.56 Å². The first-order valence-corrected chi connectivity index (χ1v) is 6.89. The summed E-state index contributed by atoms with van der Waals surface area (Å²) in [5, 5.41) is 2.89. The van der Waals surface area contributed by atoms with Crippen molar-refractivity contribution in [2.45, 2.75) is 13.5 Å². The highest BCUT2D eigenvalue weighted by Crippen LogP contribution is 2.21. The normalized spacial score (nSPS) is 10.6. The van der Waals surface area contributed by atoms with Gasteiger partial charge in [-0.05, 0) is 30.7 Å². The van der Waals surface area contributed by atoms with Crippen LogP contribution in [0.25, 0.3) is 5.65 Å². The maximum atomic E-state index is 12.5. The molecule has 6 heteroatoms. The Morgan fingerprint density at radius 2 is 2.23 bits per heavy atom. The highest BCUT2D eigenvalue weighted by atomic mass is 16.5. The van der Waals surface area contributed by atoms with Gasteiger partial charge < -0.3 is 10.1 Å². The second-order valence-electron chi connectivity index (χ2n) is 4.86. The number of carbonyl (C=O) groups is 1. The number of hydrogen-bond acceptors (Lipinski definition) is 4. The van der Waals surface area contributed by atoms with E-state index in [1.54, 1.807) is 30.1 Å². The quantitative estimate of drug-likeness (QED) is 0.799. The molecular formula is C16H16N4O2. The Morgan fingerprint density at radius 1 is 1.36 bits per heavy atom. The largest absolute Gasteiger partial charge is 0.493 e. The van der Waals surface area contributed by atoms with Gasteiger partial charge in [-0.1, -0.05) is 6.07 Å². The zero-order chi connectivity index (χ0) is 15.5. The van der Waals surface area contributed by atoms with Crippen molar-refractivity contribution in [2.24, 2.45) is 0 Å². The zero-order valence-electron chi connectivity index (χ0n) is 12.4. The fourth-order valence-electron chi connectivity index (χ4n) is 2.36. The number of amides is 1. The van der Waals surface area contributed by atoms with Gasteiger partial charge in [0.05, 0.1) is 12.8 Å². The molecule has 0 saturated carbocycles. The number of imidazole rings is 1. The summed E-state index contributed by atoms with van der Waals surface area (Å²) in [6.07, 6.45) is 5.23. The van der Waals surface area contributed by atoms with Crippen LogP contribution in [0.5, 0.6) is 5.75 Å². The fourth-order valence-corrected chi connectivity index (χ4v) is 2.36. The average molecular weight is 296 g/mol. The van der Waals surface area contributed by atoms with E-state index in [9.17, 15) is 4.79 Å². The third-order valence-corrected chi connectivity index (χ3v) is 3.40. The molecule has 22 heavy (non-hydrogen) atoms. The molecule has 1 amide bonds. The molecule has 112 valence electrons. The molecule has 0 spiro atoms. The Labute approximate surface area is 127 Å². The Kier molecular flexibility index (Phi) is 3.74. The SMILES string of the molecule is COc1cccn2c(C(=O)NCc3cccnc3)c(C)nc12. The van der Waals surface area contributed by atoms with Gasteiger partial charge in [0.15, 0.2) is 11.4 Å². The van der Waals surface area contributed by atoms with Crippen molar-refractivity contribution >= 4 is 11.6 Å². The molecule has 0 saturated heterocycles. The molecule has 0 fully saturated rings. The minimum absolute atomic E-state index is 0.179. The van der Waals surface area contributed by atoms with Crippen LogP contribution in [-0.4, -0.2) is 27.4 Å². The lowest BCUT2D eigenvalue weighted by Crippen LogP contribution is -2.25. The molecule has 0 aliphatic rings. The van der Waals surface area contributed by atoms with Crippen molar-refractivity contribution < 1.29 is 9.53 Å². The van der Waals surface area contributed by atoms with E-state index in [1.807, 2.05) is 31.2 Å². The predicted octanol–water partition coefficient (Wildman–Crippen LogP) is 1.98. The summed E-state index contributed by atoms with van der Waals surface area (Å²) in [6.45, 7) is 2.23. The number of nitrogens with zero attached hydrogens (tertiary/aromatic N) is 3. The first kappa shape index (κ1) is 14.1. The molecule has 0 unspecified atom stereocenters. The van der Waals surface area contributed by atoms with Gasteiger partial charge in [0.1, 0.15) is 5.69 Å². The number of nitrogens with one attached hydrogen (secondary N) is 1. The maximum Gasteiger partial charge on any atom is 0.270 e. The predicted molar refractivity (Wildman–Crippen MR) is 81.9 cm³/mol. The van der Waals surface area contributed by atoms with Crippen molar-refractivity contribution in [3.8, 4) is 5.75 Å². The number of methoxy groups -OCH3 is 1. The number of pyridine rings is 2. The minimum Gasteiger partial charge on any atom is -0.493 e. The van der Waals surface area contributed by atoms with E-state index < -0.39 is 0 Å². The standard InChI is InChI=1S/C16H16N4O2/c1-11-14(16(21)18-10-12-5-3-7-17-9-12)20-8-4-6-13(22-2)15(20)19-11/h3-9H,10H2,1-2H3,(H,18,21). The second-order valence-corrected chi connectivity index (χ2v) is 4.86. The monoisotopic (exact) mass is 296 g/mol. The maximum absolute atomic E-state index is 12.5. The van der Waals surface area contributed by atoms with Crippen molar-refractivity contribution in [3.05, 3.63) is 59.8 Å². The Balaban J connectivity index is 1.89. The highest BCUT2D eigenvalue weighted by molar-refractivity contribution is 5.94. The van der Waals surface area contributed by atoms with Gasteiger partial charge in [-0.25, -0.2) is 4.98 Å². The van der Waals surface area contributed by atoms with E-state index in [-0.39, 0.29) is 5.91 Å². The molecule has 0 radical (unpaired) electrons. The molecule has 0 aliphatic heterocycles. The third-order valence-electron chi connectivity index (χ3n) is 3.40. The van der Waals surface area contributed by atoms with E-state index in [0.29, 0.717) is 29.3 Å². The molecule has 3 aromatic rings. The van der Waals surface area contributed by atoms with Gasteiger partial charge >= 0.3 is 0 Å². The highest BCUT2D eigenvalue weighted by Gasteiger charge is 2.18. The Morgan fingerprint density at radius 3 is 2.95 bits per heavy atom. The van der Waals surface area contributed by atoms with Crippen LogP contribution in [0.3, 0.4) is 0 Å². The first-order valence-electron chi connectivity index (χ1n) is 6.89. The summed E-state index contributed by atoms with van der Waals surface area (Å²) in [6, 6.07) is 7.40. The van der Waals surface area contributed by atoms with Gasteiger partial charge in [0, 0.05) is 25.1 Å². The number of rotatable bonds is 4. The molecule has 0 bridgehead atoms. The molecule has 3 heterocycles. The number of hydrogen-bond donors (Lipinski definition) is 1. The first-order chi connectivity index (χ1) is 10.7. The van der Waals surface area contributed by atoms with Gasteiger partial charge in [-0.2, -0.15) is 0 Å². The minimum atomic E-state index is -0.179. The van der Waals surface area contributed by atoms with Crippen molar-refractivity contribution in [2.75, 3.05) is 7.11 Å². The topological polar surface area (TPSA) is 68.5 Å². The Bertz CT molecular complexity index is 812. The number of carbonyl (C=O) groups excluding carboxylic acids is 1. The van der Waals surface area contributed by atoms with Crippen molar-refractivity contribution in [1.29, 1.82) is 0 Å². The summed E-state index contributed by atoms with van der Waals surface area (Å²) in [5.74, 6) is 0.457. The van der Waals surface area contributed by atoms with Crippen LogP contribution in [0, 0.1) is 6.92 Å². The van der Waals surface area contributed by atoms with Crippen molar-refractivity contribution in [3.63, 3.8) is 0 Å². The molecule has 3 rings (SSSR count). The number of fused-ring (bicyclic) bond motifs is 1. The number of aryl methyl sites for hydroxylation is 1. The van der Waals surface area contributed by atoms with E-state index >= 15 is 0 Å². The number of aromatic nitrogens is 3. The second kappa shape index (κ2) is 5.85. The van der Waals surface area contributed by atoms with E-state index in [1.165, 1.54) is 0 Å². The van der Waals surface area contributed by atoms with Gasteiger partial charge in [0.25, 0.3) is 5.91 Å². The summed E-state index contributed by atoms with van der Waals surface area (Å²) in [5.41, 5.74) is 2.75. The lowest BCUT2D eigenvalue weighted by atomic mass is 10.2. The van der Waals surface area contributed by atoms with E-state index in [2.05, 4.69) is 15.3 Å². The average Bonchev–Trinajstić information content (AvgIpc) is 2.89. The molecule has 0 aromatic carbocycles. The lowest BCUT2D eigenvalue weighted by Gasteiger charge is -2.06. The van der Waals surface area contributed by atoms with Gasteiger partial charge in [-0.3, -0.25) is 14.2 Å². The van der Waals surface area contributed by atoms with Crippen LogP contribution >= 0.6 is 0 Å². The number of ether oxygens (including phenoxy) is 1. The lowest BCUT2D eigenvalue weighted by molar-refractivity contribution is 0.0944. The van der Waals surface area contributed by atoms with Gasteiger partial charge in [0.2, 0.25) is 0 Å². The van der Waals surface area contributed by atoms with Crippen LogP contribution in [0.1, 0.15) is 21.7 Å². The van der Waals surface area contributed by atoms with E-state index in [4.69, 9.17) is 4.74 Å². The summed E-state index contributed by atoms with van der Waals surface area (Å²) in [4.78, 5) is 20.9. The van der Waals surface area contributed by atoms with Crippen LogP contribution in [0.2, 0.25) is 0 Å². The third kappa shape index (κ3) is 2.50. The zero-order valence-corrected chi connectivity index (χ0v) is 12.4. The summed E-state index contributed by atoms with van der Waals surface area (Å²) in [7, 11) is 1.58. The molecular weight excluding hydrogens is 280 g/mol. The molecule has 6 nitrogen and oxygen atoms in total. The van der Waals surface area contributed by atoms with Gasteiger partial charge in [-0.15, -0.1) is 0 Å².